The maximum absolute atomic E-state index is 12.2. The molecule has 1 amide bonds. The normalized spacial score (nSPS) is 12.2. The Labute approximate surface area is 176 Å². The molecule has 2 aromatic carbocycles. The lowest BCUT2D eigenvalue weighted by molar-refractivity contribution is -0.144. The third-order valence-corrected chi connectivity index (χ3v) is 5.48. The van der Waals surface area contributed by atoms with Gasteiger partial charge in [-0.1, -0.05) is 48.5 Å². The van der Waals surface area contributed by atoms with E-state index in [2.05, 4.69) is 24.3 Å². The Hall–Kier alpha value is -3.15. The molecule has 0 bridgehead atoms. The van der Waals surface area contributed by atoms with Crippen LogP contribution in [-0.2, 0) is 19.1 Å². The summed E-state index contributed by atoms with van der Waals surface area (Å²) >= 11 is 0. The quantitative estimate of drug-likeness (QED) is 0.476. The molecule has 0 heterocycles. The van der Waals surface area contributed by atoms with Gasteiger partial charge in [0.2, 0.25) is 5.91 Å². The molecule has 0 saturated heterocycles. The van der Waals surface area contributed by atoms with E-state index in [4.69, 9.17) is 9.84 Å². The van der Waals surface area contributed by atoms with E-state index in [0.717, 1.165) is 0 Å². The number of nitrogens with zero attached hydrogens (tertiary/aromatic N) is 1. The Morgan fingerprint density at radius 1 is 0.900 bits per heavy atom. The van der Waals surface area contributed by atoms with E-state index >= 15 is 0 Å². The number of ether oxygens (including phenoxy) is 1. The van der Waals surface area contributed by atoms with Gasteiger partial charge in [0, 0.05) is 32.4 Å². The first kappa shape index (κ1) is 21.6. The van der Waals surface area contributed by atoms with Crippen LogP contribution in [0.2, 0.25) is 0 Å². The van der Waals surface area contributed by atoms with E-state index in [1.165, 1.54) is 27.2 Å². The van der Waals surface area contributed by atoms with E-state index in [-0.39, 0.29) is 37.2 Å². The average molecular weight is 409 g/mol. The van der Waals surface area contributed by atoms with E-state index in [1.54, 1.807) is 7.05 Å². The molecule has 0 saturated carbocycles. The van der Waals surface area contributed by atoms with Gasteiger partial charge in [0.15, 0.2) is 0 Å². The zero-order valence-corrected chi connectivity index (χ0v) is 17.2. The lowest BCUT2D eigenvalue weighted by Gasteiger charge is -2.16. The van der Waals surface area contributed by atoms with Crippen LogP contribution in [0.1, 0.15) is 49.1 Å². The third-order valence-electron chi connectivity index (χ3n) is 5.48. The average Bonchev–Trinajstić information content (AvgIpc) is 3.07. The summed E-state index contributed by atoms with van der Waals surface area (Å²) < 4.78 is 5.56. The van der Waals surface area contributed by atoms with Crippen molar-refractivity contribution in [3.8, 4) is 11.1 Å². The molecule has 1 aliphatic rings. The van der Waals surface area contributed by atoms with Crippen LogP contribution in [0, 0.1) is 0 Å². The van der Waals surface area contributed by atoms with Gasteiger partial charge in [-0.05, 0) is 35.1 Å². The summed E-state index contributed by atoms with van der Waals surface area (Å²) in [6, 6.07) is 16.4. The van der Waals surface area contributed by atoms with Crippen molar-refractivity contribution in [2.45, 2.75) is 38.0 Å². The van der Waals surface area contributed by atoms with Crippen molar-refractivity contribution < 1.29 is 24.2 Å². The van der Waals surface area contributed by atoms with E-state index in [1.807, 2.05) is 24.3 Å². The number of amides is 1. The molecule has 3 rings (SSSR count). The lowest BCUT2D eigenvalue weighted by atomic mass is 9.98. The molecule has 2 aromatic rings. The number of carboxylic acids is 1. The highest BCUT2D eigenvalue weighted by atomic mass is 16.5. The van der Waals surface area contributed by atoms with Crippen LogP contribution >= 0.6 is 0 Å². The number of esters is 1. The minimum absolute atomic E-state index is 0.0470. The summed E-state index contributed by atoms with van der Waals surface area (Å²) in [5.74, 6) is -1.25. The predicted molar refractivity (Wildman–Crippen MR) is 113 cm³/mol. The zero-order chi connectivity index (χ0) is 21.5. The molecule has 0 atom stereocenters. The fraction of sp³-hybridized carbons (Fsp3) is 0.375. The van der Waals surface area contributed by atoms with Gasteiger partial charge in [-0.15, -0.1) is 0 Å². The van der Waals surface area contributed by atoms with Crippen molar-refractivity contribution in [2.75, 3.05) is 20.2 Å². The standard InChI is InChI=1S/C24H27NO5/c1-25(15-14-23(27)28)22(26)12-6-7-13-24(29)30-16-21-19-10-4-2-8-17(19)18-9-3-5-11-20(18)21/h2-5,8-11,21H,6-7,12-16H2,1H3,(H,27,28). The summed E-state index contributed by atoms with van der Waals surface area (Å²) in [5.41, 5.74) is 4.75. The molecule has 6 nitrogen and oxygen atoms in total. The predicted octanol–water partition coefficient (Wildman–Crippen LogP) is 3.84. The molecule has 0 unspecified atom stereocenters. The maximum atomic E-state index is 12.2. The van der Waals surface area contributed by atoms with Gasteiger partial charge in [-0.3, -0.25) is 14.4 Å². The second kappa shape index (κ2) is 10.1. The number of carbonyl (C=O) groups is 3. The highest BCUT2D eigenvalue weighted by Crippen LogP contribution is 2.44. The number of carbonyl (C=O) groups excluding carboxylic acids is 2. The molecule has 0 fully saturated rings. The fourth-order valence-corrected chi connectivity index (χ4v) is 3.81. The molecule has 0 spiro atoms. The zero-order valence-electron chi connectivity index (χ0n) is 17.2. The second-order valence-electron chi connectivity index (χ2n) is 7.58. The molecule has 158 valence electrons. The van der Waals surface area contributed by atoms with Gasteiger partial charge >= 0.3 is 11.9 Å². The third kappa shape index (κ3) is 5.26. The Morgan fingerprint density at radius 3 is 2.07 bits per heavy atom. The summed E-state index contributed by atoms with van der Waals surface area (Å²) in [6.07, 6.45) is 1.63. The first-order valence-electron chi connectivity index (χ1n) is 10.3. The first-order valence-corrected chi connectivity index (χ1v) is 10.3. The van der Waals surface area contributed by atoms with Crippen LogP contribution in [0.5, 0.6) is 0 Å². The Balaban J connectivity index is 1.42. The molecule has 30 heavy (non-hydrogen) atoms. The molecule has 0 radical (unpaired) electrons. The van der Waals surface area contributed by atoms with Crippen molar-refractivity contribution in [2.24, 2.45) is 0 Å². The summed E-state index contributed by atoms with van der Waals surface area (Å²) in [7, 11) is 1.59. The van der Waals surface area contributed by atoms with E-state index in [9.17, 15) is 14.4 Å². The van der Waals surface area contributed by atoms with Crippen LogP contribution < -0.4 is 0 Å². The first-order chi connectivity index (χ1) is 14.5. The molecule has 1 aliphatic carbocycles. The number of hydrogen-bond acceptors (Lipinski definition) is 4. The Kier molecular flexibility index (Phi) is 7.22. The van der Waals surface area contributed by atoms with Crippen molar-refractivity contribution in [1.29, 1.82) is 0 Å². The van der Waals surface area contributed by atoms with E-state index < -0.39 is 5.97 Å². The molecule has 6 heteroatoms. The number of benzene rings is 2. The number of unbranched alkanes of at least 4 members (excludes halogenated alkanes) is 1. The molecular weight excluding hydrogens is 382 g/mol. The SMILES string of the molecule is CN(CCC(=O)O)C(=O)CCCCC(=O)OCC1c2ccccc2-c2ccccc21. The van der Waals surface area contributed by atoms with Crippen LogP contribution in [0.4, 0.5) is 0 Å². The van der Waals surface area contributed by atoms with Crippen molar-refractivity contribution >= 4 is 17.8 Å². The fourth-order valence-electron chi connectivity index (χ4n) is 3.81. The highest BCUT2D eigenvalue weighted by molar-refractivity contribution is 5.79. The molecule has 0 aromatic heterocycles. The number of carboxylic acid groups (broad SMARTS) is 1. The van der Waals surface area contributed by atoms with Gasteiger partial charge < -0.3 is 14.7 Å². The van der Waals surface area contributed by atoms with Gasteiger partial charge in [0.25, 0.3) is 0 Å². The van der Waals surface area contributed by atoms with Gasteiger partial charge in [-0.2, -0.15) is 0 Å². The number of hydrogen-bond donors (Lipinski definition) is 1. The van der Waals surface area contributed by atoms with Gasteiger partial charge in [0.1, 0.15) is 6.61 Å². The van der Waals surface area contributed by atoms with E-state index in [0.29, 0.717) is 25.9 Å². The minimum atomic E-state index is -0.926. The Morgan fingerprint density at radius 2 is 1.47 bits per heavy atom. The van der Waals surface area contributed by atoms with Crippen LogP contribution in [0.25, 0.3) is 11.1 Å². The Bertz CT molecular complexity index is 878. The maximum Gasteiger partial charge on any atom is 0.305 e. The summed E-state index contributed by atoms with van der Waals surface area (Å²) in [6.45, 7) is 0.504. The number of rotatable bonds is 10. The molecule has 0 aliphatic heterocycles. The second-order valence-corrected chi connectivity index (χ2v) is 7.58. The topological polar surface area (TPSA) is 83.9 Å². The van der Waals surface area contributed by atoms with Crippen molar-refractivity contribution in [3.05, 3.63) is 59.7 Å². The van der Waals surface area contributed by atoms with Crippen molar-refractivity contribution in [3.63, 3.8) is 0 Å². The highest BCUT2D eigenvalue weighted by Gasteiger charge is 2.28. The summed E-state index contributed by atoms with van der Waals surface area (Å²) in [4.78, 5) is 36.1. The smallest absolute Gasteiger partial charge is 0.305 e. The van der Waals surface area contributed by atoms with Gasteiger partial charge in [-0.25, -0.2) is 0 Å². The lowest BCUT2D eigenvalue weighted by Crippen LogP contribution is -2.28. The number of aliphatic carboxylic acids is 1. The largest absolute Gasteiger partial charge is 0.481 e. The minimum Gasteiger partial charge on any atom is -0.481 e. The monoisotopic (exact) mass is 409 g/mol. The summed E-state index contributed by atoms with van der Waals surface area (Å²) in [5, 5.41) is 8.67. The van der Waals surface area contributed by atoms with Crippen LogP contribution in [0.3, 0.4) is 0 Å². The van der Waals surface area contributed by atoms with Crippen LogP contribution in [-0.4, -0.2) is 48.1 Å². The molecular formula is C24H27NO5. The van der Waals surface area contributed by atoms with Gasteiger partial charge in [0.05, 0.1) is 6.42 Å². The van der Waals surface area contributed by atoms with Crippen LogP contribution in [0.15, 0.2) is 48.5 Å². The van der Waals surface area contributed by atoms with Crippen molar-refractivity contribution in [1.82, 2.24) is 4.90 Å². The molecule has 1 N–H and O–H groups in total. The number of fused-ring (bicyclic) bond motifs is 3.